The van der Waals surface area contributed by atoms with Gasteiger partial charge in [-0.05, 0) is 14.0 Å². The van der Waals surface area contributed by atoms with Crippen LogP contribution in [0.5, 0.6) is 5.75 Å². The van der Waals surface area contributed by atoms with E-state index in [1.54, 1.807) is 18.9 Å². The summed E-state index contributed by atoms with van der Waals surface area (Å²) in [6, 6.07) is 0. The number of aromatic nitrogens is 1. The van der Waals surface area contributed by atoms with E-state index in [4.69, 9.17) is 14.0 Å². The number of esters is 2. The number of carbonyl (C=O) groups is 2. The first-order valence-electron chi connectivity index (χ1n) is 5.75. The maximum Gasteiger partial charge on any atom is 0.423 e. The molecule has 2 aliphatic rings. The Hall–Kier alpha value is -1.93. The van der Waals surface area contributed by atoms with Crippen molar-refractivity contribution in [3.05, 3.63) is 11.5 Å². The van der Waals surface area contributed by atoms with E-state index in [9.17, 15) is 14.7 Å². The second kappa shape index (κ2) is 3.78. The predicted octanol–water partition coefficient (Wildman–Crippen LogP) is -0.706. The van der Waals surface area contributed by atoms with Crippen molar-refractivity contribution in [2.75, 3.05) is 13.6 Å². The van der Waals surface area contributed by atoms with Gasteiger partial charge < -0.3 is 19.1 Å². The Kier molecular flexibility index (Phi) is 2.41. The third-order valence-electron chi connectivity index (χ3n) is 3.40. The van der Waals surface area contributed by atoms with Gasteiger partial charge in [-0.3, -0.25) is 4.90 Å². The Balaban J connectivity index is 2.18. The van der Waals surface area contributed by atoms with Gasteiger partial charge in [0.05, 0.1) is 6.10 Å². The smallest absolute Gasteiger partial charge is 0.423 e. The minimum atomic E-state index is -1.35. The van der Waals surface area contributed by atoms with Crippen molar-refractivity contribution in [2.24, 2.45) is 0 Å². The van der Waals surface area contributed by atoms with E-state index in [0.717, 1.165) is 0 Å². The van der Waals surface area contributed by atoms with E-state index in [-0.39, 0.29) is 24.5 Å². The average Bonchev–Trinajstić information content (AvgIpc) is 2.78. The molecule has 3 rings (SSSR count). The molecule has 3 heterocycles. The van der Waals surface area contributed by atoms with Crippen LogP contribution in [0, 0.1) is 6.92 Å². The lowest BCUT2D eigenvalue weighted by Crippen LogP contribution is -2.42. The van der Waals surface area contributed by atoms with Gasteiger partial charge in [0.25, 0.3) is 0 Å². The quantitative estimate of drug-likeness (QED) is 0.486. The van der Waals surface area contributed by atoms with Crippen LogP contribution in [-0.2, 0) is 20.1 Å². The van der Waals surface area contributed by atoms with E-state index < -0.39 is 23.8 Å². The summed E-state index contributed by atoms with van der Waals surface area (Å²) in [6.07, 6.45) is -0.614. The zero-order chi connectivity index (χ0) is 13.8. The van der Waals surface area contributed by atoms with Crippen LogP contribution in [0.1, 0.15) is 17.9 Å². The standard InChI is InChI=1S/C11H12N2O6/c1-5-7-8(19-12-5)11(3-6(14)4-13(11)2)18-10(16)9(15)17-7/h6,14H,3-4H2,1-2H3. The summed E-state index contributed by atoms with van der Waals surface area (Å²) in [7, 11) is 1.65. The molecule has 1 spiro atoms. The molecule has 102 valence electrons. The highest BCUT2D eigenvalue weighted by Crippen LogP contribution is 2.45. The van der Waals surface area contributed by atoms with Crippen LogP contribution >= 0.6 is 0 Å². The summed E-state index contributed by atoms with van der Waals surface area (Å²) in [5.74, 6) is -2.04. The van der Waals surface area contributed by atoms with E-state index >= 15 is 0 Å². The molecule has 19 heavy (non-hydrogen) atoms. The van der Waals surface area contributed by atoms with Crippen molar-refractivity contribution in [3.63, 3.8) is 0 Å². The predicted molar refractivity (Wildman–Crippen MR) is 57.9 cm³/mol. The van der Waals surface area contributed by atoms with Gasteiger partial charge in [0.2, 0.25) is 17.2 Å². The van der Waals surface area contributed by atoms with Gasteiger partial charge in [0.15, 0.2) is 0 Å². The summed E-state index contributed by atoms with van der Waals surface area (Å²) >= 11 is 0. The lowest BCUT2D eigenvalue weighted by atomic mass is 10.1. The van der Waals surface area contributed by atoms with Crippen LogP contribution in [0.15, 0.2) is 4.52 Å². The minimum absolute atomic E-state index is 0.0804. The summed E-state index contributed by atoms with van der Waals surface area (Å²) in [5.41, 5.74) is -1.00. The Labute approximate surface area is 107 Å². The van der Waals surface area contributed by atoms with Gasteiger partial charge in [0.1, 0.15) is 5.69 Å². The Morgan fingerprint density at radius 2 is 2.16 bits per heavy atom. The highest BCUT2D eigenvalue weighted by molar-refractivity contribution is 6.30. The molecule has 8 heteroatoms. The number of fused-ring (bicyclic) bond motifs is 2. The number of likely N-dealkylation sites (tertiary alicyclic amines) is 1. The second-order valence-electron chi connectivity index (χ2n) is 4.73. The fraction of sp³-hybridized carbons (Fsp3) is 0.545. The molecular weight excluding hydrogens is 256 g/mol. The lowest BCUT2D eigenvalue weighted by molar-refractivity contribution is -0.187. The van der Waals surface area contributed by atoms with Crippen molar-refractivity contribution in [1.29, 1.82) is 0 Å². The molecule has 2 unspecified atom stereocenters. The Morgan fingerprint density at radius 3 is 2.79 bits per heavy atom. The first-order chi connectivity index (χ1) is 8.94. The van der Waals surface area contributed by atoms with Crippen molar-refractivity contribution in [3.8, 4) is 5.75 Å². The number of hydrogen-bond donors (Lipinski definition) is 1. The third-order valence-corrected chi connectivity index (χ3v) is 3.40. The number of rotatable bonds is 0. The molecule has 8 nitrogen and oxygen atoms in total. The van der Waals surface area contributed by atoms with E-state index in [1.165, 1.54) is 0 Å². The van der Waals surface area contributed by atoms with Gasteiger partial charge >= 0.3 is 11.9 Å². The molecule has 0 saturated carbocycles. The van der Waals surface area contributed by atoms with Crippen molar-refractivity contribution in [1.82, 2.24) is 10.1 Å². The van der Waals surface area contributed by atoms with Crippen LogP contribution in [0.3, 0.4) is 0 Å². The van der Waals surface area contributed by atoms with Crippen LogP contribution in [0.25, 0.3) is 0 Å². The first kappa shape index (κ1) is 12.1. The maximum atomic E-state index is 11.6. The average molecular weight is 268 g/mol. The number of aryl methyl sites for hydroxylation is 1. The zero-order valence-electron chi connectivity index (χ0n) is 10.4. The van der Waals surface area contributed by atoms with Gasteiger partial charge in [-0.2, -0.15) is 0 Å². The third kappa shape index (κ3) is 1.57. The molecule has 1 aromatic rings. The number of aliphatic hydroxyl groups is 1. The molecule has 0 aromatic carbocycles. The van der Waals surface area contributed by atoms with Gasteiger partial charge in [-0.15, -0.1) is 0 Å². The Morgan fingerprint density at radius 1 is 1.42 bits per heavy atom. The number of hydrogen-bond acceptors (Lipinski definition) is 8. The summed E-state index contributed by atoms with van der Waals surface area (Å²) in [5, 5.41) is 13.5. The van der Waals surface area contributed by atoms with Crippen LogP contribution in [-0.4, -0.2) is 46.8 Å². The lowest BCUT2D eigenvalue weighted by Gasteiger charge is -2.30. The maximum absolute atomic E-state index is 11.6. The molecule has 2 aliphatic heterocycles. The normalized spacial score (nSPS) is 31.0. The molecule has 0 amide bonds. The summed E-state index contributed by atoms with van der Waals surface area (Å²) < 4.78 is 15.3. The van der Waals surface area contributed by atoms with Crippen LogP contribution in [0.2, 0.25) is 0 Å². The van der Waals surface area contributed by atoms with Crippen LogP contribution in [0.4, 0.5) is 0 Å². The fourth-order valence-electron chi connectivity index (χ4n) is 2.49. The summed E-state index contributed by atoms with van der Waals surface area (Å²) in [4.78, 5) is 24.7. The first-order valence-corrected chi connectivity index (χ1v) is 5.75. The Bertz CT molecular complexity index is 568. The molecule has 2 atom stereocenters. The van der Waals surface area contributed by atoms with Crippen LogP contribution < -0.4 is 4.74 Å². The van der Waals surface area contributed by atoms with E-state index in [0.29, 0.717) is 5.69 Å². The van der Waals surface area contributed by atoms with Gasteiger partial charge in [-0.1, -0.05) is 5.16 Å². The van der Waals surface area contributed by atoms with E-state index in [1.807, 2.05) is 0 Å². The molecule has 1 aromatic heterocycles. The van der Waals surface area contributed by atoms with Crippen molar-refractivity contribution >= 4 is 11.9 Å². The number of carbonyl (C=O) groups excluding carboxylic acids is 2. The molecule has 0 bridgehead atoms. The number of aliphatic hydroxyl groups excluding tert-OH is 1. The molecular formula is C11H12N2O6. The molecule has 1 fully saturated rings. The molecule has 1 N–H and O–H groups in total. The number of ether oxygens (including phenoxy) is 2. The molecule has 0 aliphatic carbocycles. The monoisotopic (exact) mass is 268 g/mol. The highest BCUT2D eigenvalue weighted by atomic mass is 16.6. The molecule has 1 saturated heterocycles. The SMILES string of the molecule is Cc1noc2c1OC(=O)C(=O)OC21CC(O)CN1C. The largest absolute Gasteiger partial charge is 0.427 e. The second-order valence-corrected chi connectivity index (χ2v) is 4.73. The topological polar surface area (TPSA) is 102 Å². The number of nitrogens with zero attached hydrogens (tertiary/aromatic N) is 2. The minimum Gasteiger partial charge on any atom is -0.427 e. The van der Waals surface area contributed by atoms with Gasteiger partial charge in [-0.25, -0.2) is 9.59 Å². The van der Waals surface area contributed by atoms with Gasteiger partial charge in [0, 0.05) is 13.0 Å². The van der Waals surface area contributed by atoms with Crippen molar-refractivity contribution in [2.45, 2.75) is 25.2 Å². The number of β-amino-alcohol motifs (C(OH)–C–C–N with tert-alkyl or cyclic N) is 1. The zero-order valence-corrected chi connectivity index (χ0v) is 10.4. The van der Waals surface area contributed by atoms with E-state index in [2.05, 4.69) is 5.16 Å². The van der Waals surface area contributed by atoms with Crippen molar-refractivity contribution < 1.29 is 28.7 Å². The highest BCUT2D eigenvalue weighted by Gasteiger charge is 2.56. The summed E-state index contributed by atoms with van der Waals surface area (Å²) in [6.45, 7) is 1.87. The fourth-order valence-corrected chi connectivity index (χ4v) is 2.49. The number of likely N-dealkylation sites (N-methyl/N-ethyl adjacent to an activating group) is 1. The molecule has 0 radical (unpaired) electrons.